The van der Waals surface area contributed by atoms with Gasteiger partial charge in [0.25, 0.3) is 0 Å². The lowest BCUT2D eigenvalue weighted by Gasteiger charge is -2.39. The number of aromatic hydroxyl groups is 1. The lowest BCUT2D eigenvalue weighted by atomic mass is 9.88. The maximum absolute atomic E-state index is 13.6. The average molecular weight is 317 g/mol. The van der Waals surface area contributed by atoms with Crippen molar-refractivity contribution in [1.29, 1.82) is 0 Å². The van der Waals surface area contributed by atoms with E-state index in [1.807, 2.05) is 0 Å². The van der Waals surface area contributed by atoms with E-state index in [1.54, 1.807) is 0 Å². The van der Waals surface area contributed by atoms with E-state index < -0.39 is 0 Å². The Morgan fingerprint density at radius 1 is 1.33 bits per heavy atom. The molecule has 1 fully saturated rings. The molecule has 1 heterocycles. The highest BCUT2D eigenvalue weighted by Crippen LogP contribution is 2.36. The summed E-state index contributed by atoms with van der Waals surface area (Å²) < 4.78 is 13.6. The quantitative estimate of drug-likeness (QED) is 0.874. The Balaban J connectivity index is 0.00000220. The smallest absolute Gasteiger partial charge is 0.123 e. The van der Waals surface area contributed by atoms with Gasteiger partial charge in [-0.3, -0.25) is 4.90 Å². The summed E-state index contributed by atoms with van der Waals surface area (Å²) in [7, 11) is 0. The van der Waals surface area contributed by atoms with E-state index in [-0.39, 0.29) is 30.0 Å². The molecule has 5 heteroatoms. The van der Waals surface area contributed by atoms with Crippen LogP contribution < -0.4 is 5.32 Å². The molecule has 0 bridgehead atoms. The molecular weight excluding hydrogens is 291 g/mol. The van der Waals surface area contributed by atoms with Gasteiger partial charge in [-0.15, -0.1) is 12.4 Å². The Hall–Kier alpha value is -0.840. The van der Waals surface area contributed by atoms with E-state index in [2.05, 4.69) is 24.1 Å². The summed E-state index contributed by atoms with van der Waals surface area (Å²) in [6.07, 6.45) is 2.17. The summed E-state index contributed by atoms with van der Waals surface area (Å²) in [5.74, 6) is 0.324. The van der Waals surface area contributed by atoms with Crippen molar-refractivity contribution in [3.63, 3.8) is 0 Å². The zero-order valence-electron chi connectivity index (χ0n) is 12.8. The molecule has 2 rings (SSSR count). The van der Waals surface area contributed by atoms with Gasteiger partial charge in [0.2, 0.25) is 0 Å². The Kier molecular flexibility index (Phi) is 7.43. The summed E-state index contributed by atoms with van der Waals surface area (Å²) in [4.78, 5) is 2.37. The Labute approximate surface area is 132 Å². The van der Waals surface area contributed by atoms with Gasteiger partial charge in [0.1, 0.15) is 11.6 Å². The number of rotatable bonds is 5. The van der Waals surface area contributed by atoms with Gasteiger partial charge in [0, 0.05) is 37.8 Å². The Bertz CT molecular complexity index is 438. The summed E-state index contributed by atoms with van der Waals surface area (Å²) in [6, 6.07) is 4.37. The zero-order chi connectivity index (χ0) is 14.5. The molecule has 2 N–H and O–H groups in total. The molecule has 3 nitrogen and oxygen atoms in total. The number of hydrogen-bond acceptors (Lipinski definition) is 3. The van der Waals surface area contributed by atoms with Crippen LogP contribution >= 0.6 is 12.4 Å². The van der Waals surface area contributed by atoms with Gasteiger partial charge in [0.05, 0.1) is 0 Å². The fourth-order valence-electron chi connectivity index (χ4n) is 3.20. The Morgan fingerprint density at radius 3 is 2.62 bits per heavy atom. The van der Waals surface area contributed by atoms with Crippen LogP contribution in [-0.2, 0) is 0 Å². The fraction of sp³-hybridized carbons (Fsp3) is 0.625. The first-order valence-electron chi connectivity index (χ1n) is 7.56. The molecule has 2 atom stereocenters. The van der Waals surface area contributed by atoms with E-state index in [0.29, 0.717) is 5.92 Å². The van der Waals surface area contributed by atoms with Crippen molar-refractivity contribution >= 4 is 12.4 Å². The van der Waals surface area contributed by atoms with Gasteiger partial charge in [-0.05, 0) is 30.5 Å². The first kappa shape index (κ1) is 18.2. The number of nitrogens with zero attached hydrogens (tertiary/aromatic N) is 1. The number of nitrogens with one attached hydrogen (secondary N) is 1. The predicted molar refractivity (Wildman–Crippen MR) is 86.6 cm³/mol. The third kappa shape index (κ3) is 4.56. The van der Waals surface area contributed by atoms with E-state index in [0.717, 1.165) is 44.6 Å². The van der Waals surface area contributed by atoms with E-state index in [4.69, 9.17) is 0 Å². The minimum atomic E-state index is -0.276. The number of hydrogen-bond donors (Lipinski definition) is 2. The predicted octanol–water partition coefficient (Wildman–Crippen LogP) is 3.34. The fourth-order valence-corrected chi connectivity index (χ4v) is 3.20. The molecule has 0 radical (unpaired) electrons. The molecule has 1 aromatic carbocycles. The normalized spacial score (nSPS) is 18.8. The number of phenols is 1. The van der Waals surface area contributed by atoms with Gasteiger partial charge in [-0.1, -0.05) is 20.3 Å². The largest absolute Gasteiger partial charge is 0.508 e. The van der Waals surface area contributed by atoms with Gasteiger partial charge in [-0.25, -0.2) is 4.39 Å². The second-order valence-electron chi connectivity index (χ2n) is 5.70. The van der Waals surface area contributed by atoms with Crippen LogP contribution in [0.3, 0.4) is 0 Å². The van der Waals surface area contributed by atoms with Gasteiger partial charge >= 0.3 is 0 Å². The maximum Gasteiger partial charge on any atom is 0.123 e. The number of phenolic OH excluding ortho intramolecular Hbond substituents is 1. The van der Waals surface area contributed by atoms with Crippen molar-refractivity contribution in [2.24, 2.45) is 5.92 Å². The highest BCUT2D eigenvalue weighted by atomic mass is 35.5. The average Bonchev–Trinajstić information content (AvgIpc) is 2.44. The highest BCUT2D eigenvalue weighted by molar-refractivity contribution is 5.85. The molecule has 0 aliphatic carbocycles. The number of benzene rings is 1. The third-order valence-corrected chi connectivity index (χ3v) is 4.14. The van der Waals surface area contributed by atoms with Crippen LogP contribution in [0.4, 0.5) is 4.39 Å². The molecule has 120 valence electrons. The van der Waals surface area contributed by atoms with Crippen LogP contribution in [0.2, 0.25) is 0 Å². The molecule has 1 aromatic rings. The lowest BCUT2D eigenvalue weighted by molar-refractivity contribution is 0.123. The van der Waals surface area contributed by atoms with Crippen molar-refractivity contribution in [3.8, 4) is 5.75 Å². The minimum absolute atomic E-state index is 0. The van der Waals surface area contributed by atoms with Crippen molar-refractivity contribution in [2.75, 3.05) is 26.2 Å². The van der Waals surface area contributed by atoms with E-state index >= 15 is 0 Å². The molecule has 1 aliphatic rings. The summed E-state index contributed by atoms with van der Waals surface area (Å²) >= 11 is 0. The molecule has 1 aliphatic heterocycles. The highest BCUT2D eigenvalue weighted by Gasteiger charge is 2.29. The molecule has 0 saturated carbocycles. The molecule has 1 unspecified atom stereocenters. The van der Waals surface area contributed by atoms with Crippen LogP contribution in [-0.4, -0.2) is 36.2 Å². The molecule has 0 aromatic heterocycles. The van der Waals surface area contributed by atoms with E-state index in [1.165, 1.54) is 18.2 Å². The van der Waals surface area contributed by atoms with Crippen molar-refractivity contribution in [3.05, 3.63) is 29.6 Å². The van der Waals surface area contributed by atoms with Crippen molar-refractivity contribution in [2.45, 2.75) is 32.7 Å². The van der Waals surface area contributed by atoms with Crippen LogP contribution in [0, 0.1) is 11.7 Å². The summed E-state index contributed by atoms with van der Waals surface area (Å²) in [5, 5.41) is 13.5. The van der Waals surface area contributed by atoms with Crippen LogP contribution in [0.25, 0.3) is 0 Å². The topological polar surface area (TPSA) is 35.5 Å². The summed E-state index contributed by atoms with van der Waals surface area (Å²) in [6.45, 7) is 8.14. The SMILES string of the molecule is CCCC(C)[C@H](c1cc(F)ccc1O)N1CCNCC1.Cl. The van der Waals surface area contributed by atoms with Crippen molar-refractivity contribution in [1.82, 2.24) is 10.2 Å². The second kappa shape index (κ2) is 8.57. The van der Waals surface area contributed by atoms with Gasteiger partial charge in [0.15, 0.2) is 0 Å². The van der Waals surface area contributed by atoms with Gasteiger partial charge < -0.3 is 10.4 Å². The summed E-state index contributed by atoms with van der Waals surface area (Å²) in [5.41, 5.74) is 0.729. The molecule has 0 spiro atoms. The molecular formula is C16H26ClFN2O. The number of halogens is 2. The molecule has 1 saturated heterocycles. The third-order valence-electron chi connectivity index (χ3n) is 4.14. The molecule has 0 amide bonds. The maximum atomic E-state index is 13.6. The number of piperazine rings is 1. The van der Waals surface area contributed by atoms with Crippen molar-refractivity contribution < 1.29 is 9.50 Å². The van der Waals surface area contributed by atoms with Gasteiger partial charge in [-0.2, -0.15) is 0 Å². The monoisotopic (exact) mass is 316 g/mol. The van der Waals surface area contributed by atoms with E-state index in [9.17, 15) is 9.50 Å². The van der Waals surface area contributed by atoms with Crippen LogP contribution in [0.5, 0.6) is 5.75 Å². The van der Waals surface area contributed by atoms with Crippen LogP contribution in [0.1, 0.15) is 38.3 Å². The first-order valence-corrected chi connectivity index (χ1v) is 7.56. The Morgan fingerprint density at radius 2 is 2.00 bits per heavy atom. The molecule has 21 heavy (non-hydrogen) atoms. The minimum Gasteiger partial charge on any atom is -0.508 e. The standard InChI is InChI=1S/C16H25FN2O.ClH/c1-3-4-12(2)16(19-9-7-18-8-10-19)14-11-13(17)5-6-15(14)20;/h5-6,11-12,16,18,20H,3-4,7-10H2,1-2H3;1H/t12?,16-;/m1./s1. The lowest BCUT2D eigenvalue weighted by Crippen LogP contribution is -2.46. The van der Waals surface area contributed by atoms with Crippen LogP contribution in [0.15, 0.2) is 18.2 Å². The first-order chi connectivity index (χ1) is 9.63. The second-order valence-corrected chi connectivity index (χ2v) is 5.70. The zero-order valence-corrected chi connectivity index (χ0v) is 13.6.